The summed E-state index contributed by atoms with van der Waals surface area (Å²) in [6.07, 6.45) is 3.26. The van der Waals surface area contributed by atoms with Gasteiger partial charge in [-0.05, 0) is 41.6 Å². The van der Waals surface area contributed by atoms with Crippen LogP contribution in [0.2, 0.25) is 0 Å². The SMILES string of the molecule is O=C1SC(=Cc2cccn2-c2cccc([N+](=O)[O-])c2)C(=O)N1Cc1ccc([N+](=O)[O-])cc1. The van der Waals surface area contributed by atoms with Gasteiger partial charge in [0, 0.05) is 36.2 Å². The fraction of sp³-hybridized carbons (Fsp3) is 0.0476. The number of imide groups is 1. The van der Waals surface area contributed by atoms with E-state index in [9.17, 15) is 29.8 Å². The quantitative estimate of drug-likeness (QED) is 0.306. The van der Waals surface area contributed by atoms with Gasteiger partial charge in [-0.25, -0.2) is 0 Å². The van der Waals surface area contributed by atoms with E-state index in [4.69, 9.17) is 0 Å². The first-order chi connectivity index (χ1) is 15.3. The van der Waals surface area contributed by atoms with Gasteiger partial charge in [0.25, 0.3) is 22.5 Å². The summed E-state index contributed by atoms with van der Waals surface area (Å²) < 4.78 is 1.68. The molecule has 0 spiro atoms. The van der Waals surface area contributed by atoms with Crippen molar-refractivity contribution in [2.75, 3.05) is 0 Å². The number of aromatic nitrogens is 1. The Morgan fingerprint density at radius 2 is 1.62 bits per heavy atom. The Bertz CT molecular complexity index is 1280. The lowest BCUT2D eigenvalue weighted by atomic mass is 10.2. The Morgan fingerprint density at radius 1 is 0.906 bits per heavy atom. The molecule has 1 saturated heterocycles. The Morgan fingerprint density at radius 3 is 2.31 bits per heavy atom. The molecule has 0 saturated carbocycles. The number of non-ortho nitro benzene ring substituents is 2. The van der Waals surface area contributed by atoms with Gasteiger partial charge in [0.2, 0.25) is 0 Å². The summed E-state index contributed by atoms with van der Waals surface area (Å²) in [7, 11) is 0. The van der Waals surface area contributed by atoms with Gasteiger partial charge in [0.05, 0.1) is 27.0 Å². The minimum absolute atomic E-state index is 0.00804. The van der Waals surface area contributed by atoms with Gasteiger partial charge in [-0.15, -0.1) is 0 Å². The molecular weight excluding hydrogens is 436 g/mol. The molecule has 1 fully saturated rings. The van der Waals surface area contributed by atoms with Crippen LogP contribution in [-0.2, 0) is 11.3 Å². The standard InChI is InChI=1S/C21H14N4O6S/c26-20-19(32-21(27)23(20)13-14-6-8-15(9-7-14)24(28)29)12-17-5-2-10-22(17)16-3-1-4-18(11-16)25(30)31/h1-12H,13H2. The molecule has 0 N–H and O–H groups in total. The topological polar surface area (TPSA) is 129 Å². The minimum atomic E-state index is -0.525. The van der Waals surface area contributed by atoms with Crippen molar-refractivity contribution in [3.63, 3.8) is 0 Å². The van der Waals surface area contributed by atoms with E-state index in [0.717, 1.165) is 16.7 Å². The van der Waals surface area contributed by atoms with E-state index in [1.807, 2.05) is 0 Å². The first-order valence-corrected chi connectivity index (χ1v) is 10.1. The fourth-order valence-electron chi connectivity index (χ4n) is 3.18. The van der Waals surface area contributed by atoms with E-state index in [-0.39, 0.29) is 22.8 Å². The number of carbonyl (C=O) groups excluding carboxylic acids is 2. The summed E-state index contributed by atoms with van der Waals surface area (Å²) >= 11 is 0.788. The molecule has 32 heavy (non-hydrogen) atoms. The number of hydrogen-bond acceptors (Lipinski definition) is 7. The largest absolute Gasteiger partial charge is 0.317 e. The predicted molar refractivity (Wildman–Crippen MR) is 117 cm³/mol. The Labute approximate surface area is 185 Å². The molecule has 0 aliphatic carbocycles. The second-order valence-corrected chi connectivity index (χ2v) is 7.76. The van der Waals surface area contributed by atoms with Gasteiger partial charge in [0.15, 0.2) is 0 Å². The number of thioether (sulfide) groups is 1. The van der Waals surface area contributed by atoms with Crippen LogP contribution in [0.4, 0.5) is 16.2 Å². The van der Waals surface area contributed by atoms with Gasteiger partial charge in [-0.1, -0.05) is 18.2 Å². The molecule has 160 valence electrons. The monoisotopic (exact) mass is 450 g/mol. The molecule has 0 bridgehead atoms. The van der Waals surface area contributed by atoms with Crippen LogP contribution in [0.3, 0.4) is 0 Å². The van der Waals surface area contributed by atoms with Crippen molar-refractivity contribution in [3.8, 4) is 5.69 Å². The zero-order valence-electron chi connectivity index (χ0n) is 16.3. The van der Waals surface area contributed by atoms with Gasteiger partial charge < -0.3 is 4.57 Å². The maximum absolute atomic E-state index is 12.8. The summed E-state index contributed by atoms with van der Waals surface area (Å²) in [4.78, 5) is 47.3. The van der Waals surface area contributed by atoms with Crippen molar-refractivity contribution >= 4 is 40.4 Å². The first kappa shape index (κ1) is 21.0. The third-order valence-corrected chi connectivity index (χ3v) is 5.65. The number of rotatable bonds is 6. The molecule has 0 atom stereocenters. The van der Waals surface area contributed by atoms with E-state index in [1.54, 1.807) is 41.1 Å². The maximum atomic E-state index is 12.8. The average molecular weight is 450 g/mol. The molecule has 2 aromatic carbocycles. The lowest BCUT2D eigenvalue weighted by molar-refractivity contribution is -0.385. The van der Waals surface area contributed by atoms with Crippen LogP contribution in [-0.4, -0.2) is 30.5 Å². The van der Waals surface area contributed by atoms with Gasteiger partial charge in [-0.2, -0.15) is 0 Å². The molecule has 2 heterocycles. The van der Waals surface area contributed by atoms with Crippen molar-refractivity contribution in [1.82, 2.24) is 9.47 Å². The molecule has 10 nitrogen and oxygen atoms in total. The van der Waals surface area contributed by atoms with Gasteiger partial charge >= 0.3 is 0 Å². The summed E-state index contributed by atoms with van der Waals surface area (Å²) in [6.45, 7) is -0.00804. The highest BCUT2D eigenvalue weighted by Gasteiger charge is 2.35. The van der Waals surface area contributed by atoms with E-state index in [1.165, 1.54) is 36.4 Å². The van der Waals surface area contributed by atoms with E-state index in [0.29, 0.717) is 16.9 Å². The number of carbonyl (C=O) groups is 2. The lowest BCUT2D eigenvalue weighted by Gasteiger charge is -2.12. The number of benzene rings is 2. The Balaban J connectivity index is 1.58. The van der Waals surface area contributed by atoms with Crippen molar-refractivity contribution in [2.45, 2.75) is 6.54 Å². The number of nitro benzene ring substituents is 2. The van der Waals surface area contributed by atoms with E-state index < -0.39 is 21.0 Å². The summed E-state index contributed by atoms with van der Waals surface area (Å²) in [5, 5.41) is 21.4. The molecule has 1 aromatic heterocycles. The smallest absolute Gasteiger partial charge is 0.293 e. The second kappa shape index (κ2) is 8.47. The third kappa shape index (κ3) is 4.14. The van der Waals surface area contributed by atoms with Crippen LogP contribution < -0.4 is 0 Å². The van der Waals surface area contributed by atoms with Crippen LogP contribution in [0.5, 0.6) is 0 Å². The second-order valence-electron chi connectivity index (χ2n) is 6.77. The van der Waals surface area contributed by atoms with E-state index >= 15 is 0 Å². The van der Waals surface area contributed by atoms with Crippen molar-refractivity contribution in [2.24, 2.45) is 0 Å². The van der Waals surface area contributed by atoms with Crippen LogP contribution >= 0.6 is 11.8 Å². The van der Waals surface area contributed by atoms with Gasteiger partial charge in [-0.3, -0.25) is 34.7 Å². The zero-order valence-corrected chi connectivity index (χ0v) is 17.1. The molecule has 4 rings (SSSR count). The Kier molecular flexibility index (Phi) is 5.56. The number of nitro groups is 2. The molecule has 1 aliphatic heterocycles. The van der Waals surface area contributed by atoms with Crippen molar-refractivity contribution < 1.29 is 19.4 Å². The lowest BCUT2D eigenvalue weighted by Crippen LogP contribution is -2.27. The van der Waals surface area contributed by atoms with Gasteiger partial charge in [0.1, 0.15) is 0 Å². The molecule has 1 aliphatic rings. The van der Waals surface area contributed by atoms with Crippen LogP contribution in [0.15, 0.2) is 71.8 Å². The Hall–Kier alpha value is -4.25. The summed E-state index contributed by atoms with van der Waals surface area (Å²) in [5.41, 5.74) is 1.56. The van der Waals surface area contributed by atoms with Crippen molar-refractivity contribution in [1.29, 1.82) is 0 Å². The predicted octanol–water partition coefficient (Wildman–Crippen LogP) is 4.53. The highest BCUT2D eigenvalue weighted by Crippen LogP contribution is 2.34. The third-order valence-electron chi connectivity index (χ3n) is 4.74. The zero-order chi connectivity index (χ0) is 22.8. The first-order valence-electron chi connectivity index (χ1n) is 9.24. The van der Waals surface area contributed by atoms with Crippen LogP contribution in [0, 0.1) is 20.2 Å². The van der Waals surface area contributed by atoms with Crippen LogP contribution in [0.25, 0.3) is 11.8 Å². The van der Waals surface area contributed by atoms with E-state index in [2.05, 4.69) is 0 Å². The number of hydrogen-bond donors (Lipinski definition) is 0. The normalized spacial score (nSPS) is 14.9. The highest BCUT2D eigenvalue weighted by molar-refractivity contribution is 8.18. The van der Waals surface area contributed by atoms with Crippen LogP contribution in [0.1, 0.15) is 11.3 Å². The van der Waals surface area contributed by atoms with Crippen molar-refractivity contribution in [3.05, 3.63) is 103 Å². The maximum Gasteiger partial charge on any atom is 0.293 e. The molecule has 0 unspecified atom stereocenters. The fourth-order valence-corrected chi connectivity index (χ4v) is 4.00. The number of amides is 2. The molecule has 11 heteroatoms. The molecule has 2 amide bonds. The molecular formula is C21H14N4O6S. The highest BCUT2D eigenvalue weighted by atomic mass is 32.2. The number of nitrogens with zero attached hydrogens (tertiary/aromatic N) is 4. The molecule has 3 aromatic rings. The summed E-state index contributed by atoms with van der Waals surface area (Å²) in [5.74, 6) is -0.481. The minimum Gasteiger partial charge on any atom is -0.317 e. The average Bonchev–Trinajstić information content (AvgIpc) is 3.34. The molecule has 0 radical (unpaired) electrons. The summed E-state index contributed by atoms with van der Waals surface area (Å²) in [6, 6.07) is 15.1.